The minimum Gasteiger partial charge on any atom is -0.360 e. The van der Waals surface area contributed by atoms with E-state index in [0.717, 1.165) is 37.7 Å². The van der Waals surface area contributed by atoms with Crippen molar-refractivity contribution in [1.29, 1.82) is 0 Å². The zero-order valence-electron chi connectivity index (χ0n) is 15.3. The Morgan fingerprint density at radius 3 is 2.63 bits per heavy atom. The molecule has 2 heterocycles. The van der Waals surface area contributed by atoms with Gasteiger partial charge in [0.2, 0.25) is 5.91 Å². The molecule has 1 saturated carbocycles. The summed E-state index contributed by atoms with van der Waals surface area (Å²) in [7, 11) is 0. The molecular formula is C20H22N4O3. The van der Waals surface area contributed by atoms with Gasteiger partial charge < -0.3 is 14.7 Å². The minimum absolute atomic E-state index is 0.0510. The van der Waals surface area contributed by atoms with Gasteiger partial charge in [-0.15, -0.1) is 0 Å². The van der Waals surface area contributed by atoms with Gasteiger partial charge in [0, 0.05) is 11.6 Å². The highest BCUT2D eigenvalue weighted by molar-refractivity contribution is 6.47. The number of aliphatic imine (C=N–C) groups is 1. The molecule has 27 heavy (non-hydrogen) atoms. The molecule has 1 aliphatic carbocycles. The second-order valence-electron chi connectivity index (χ2n) is 7.13. The first-order chi connectivity index (χ1) is 13.1. The molecule has 1 aliphatic heterocycles. The summed E-state index contributed by atoms with van der Waals surface area (Å²) in [5, 5.41) is 6.48. The smallest absolute Gasteiger partial charge is 0.275 e. The average Bonchev–Trinajstić information content (AvgIpc) is 3.19. The summed E-state index contributed by atoms with van der Waals surface area (Å²) in [5.41, 5.74) is 0.627. The Hall–Kier alpha value is -2.96. The van der Waals surface area contributed by atoms with Crippen molar-refractivity contribution in [1.82, 2.24) is 10.1 Å². The molecule has 2 amide bonds. The molecule has 1 spiro atoms. The third-order valence-electron chi connectivity index (χ3n) is 5.17. The number of anilines is 1. The maximum atomic E-state index is 13.2. The van der Waals surface area contributed by atoms with E-state index in [1.165, 1.54) is 0 Å². The van der Waals surface area contributed by atoms with Gasteiger partial charge in [-0.05, 0) is 32.6 Å². The fourth-order valence-corrected chi connectivity index (χ4v) is 3.89. The van der Waals surface area contributed by atoms with Crippen LogP contribution in [-0.2, 0) is 9.59 Å². The van der Waals surface area contributed by atoms with Crippen LogP contribution in [0.2, 0.25) is 0 Å². The lowest BCUT2D eigenvalue weighted by atomic mass is 9.88. The zero-order chi connectivity index (χ0) is 18.9. The number of hydrogen-bond acceptors (Lipinski definition) is 5. The molecule has 2 aromatic rings. The standard InChI is InChI=1S/C20H22N4O3/c1-14-12-16(23-27-14)21-17(25)13-24-19(26)18(15-8-4-2-5-9-15)22-20(24)10-6-3-7-11-20/h2,4-5,8-9,12H,3,6-7,10-11,13H2,1H3,(H,21,23,25). The van der Waals surface area contributed by atoms with Crippen molar-refractivity contribution in [2.75, 3.05) is 11.9 Å². The summed E-state index contributed by atoms with van der Waals surface area (Å²) >= 11 is 0. The molecule has 1 N–H and O–H groups in total. The Bertz CT molecular complexity index is 882. The first-order valence-electron chi connectivity index (χ1n) is 9.28. The molecule has 4 rings (SSSR count). The Morgan fingerprint density at radius 2 is 1.96 bits per heavy atom. The third kappa shape index (κ3) is 3.37. The molecule has 7 heteroatoms. The van der Waals surface area contributed by atoms with Gasteiger partial charge in [0.05, 0.1) is 0 Å². The van der Waals surface area contributed by atoms with E-state index in [-0.39, 0.29) is 18.4 Å². The number of aromatic nitrogens is 1. The second-order valence-corrected chi connectivity index (χ2v) is 7.13. The maximum Gasteiger partial charge on any atom is 0.275 e. The fourth-order valence-electron chi connectivity index (χ4n) is 3.89. The molecule has 0 bridgehead atoms. The SMILES string of the molecule is Cc1cc(NC(=O)CN2C(=O)C(c3ccccc3)=NC23CCCCC3)no1. The van der Waals surface area contributed by atoms with Crippen molar-refractivity contribution in [2.45, 2.75) is 44.7 Å². The summed E-state index contributed by atoms with van der Waals surface area (Å²) in [4.78, 5) is 32.2. The van der Waals surface area contributed by atoms with Crippen LogP contribution in [0.3, 0.4) is 0 Å². The number of rotatable bonds is 4. The molecule has 140 valence electrons. The number of nitrogens with one attached hydrogen (secondary N) is 1. The topological polar surface area (TPSA) is 87.8 Å². The van der Waals surface area contributed by atoms with E-state index in [1.807, 2.05) is 30.3 Å². The average molecular weight is 366 g/mol. The highest BCUT2D eigenvalue weighted by atomic mass is 16.5. The van der Waals surface area contributed by atoms with Gasteiger partial charge in [0.15, 0.2) is 5.82 Å². The second kappa shape index (κ2) is 6.98. The van der Waals surface area contributed by atoms with E-state index in [4.69, 9.17) is 9.52 Å². The van der Waals surface area contributed by atoms with Crippen LogP contribution in [0.15, 0.2) is 45.9 Å². The molecule has 0 atom stereocenters. The lowest BCUT2D eigenvalue weighted by Crippen LogP contribution is -2.51. The number of carbonyl (C=O) groups is 2. The maximum absolute atomic E-state index is 13.2. The number of amides is 2. The van der Waals surface area contributed by atoms with Crippen LogP contribution in [0.1, 0.15) is 43.4 Å². The van der Waals surface area contributed by atoms with Gasteiger partial charge in [0.1, 0.15) is 23.7 Å². The van der Waals surface area contributed by atoms with Crippen LogP contribution in [-0.4, -0.2) is 39.8 Å². The minimum atomic E-state index is -0.614. The van der Waals surface area contributed by atoms with Crippen molar-refractivity contribution in [3.05, 3.63) is 47.7 Å². The van der Waals surface area contributed by atoms with E-state index in [1.54, 1.807) is 17.9 Å². The molecule has 1 aromatic carbocycles. The molecular weight excluding hydrogens is 344 g/mol. The summed E-state index contributed by atoms with van der Waals surface area (Å²) < 4.78 is 4.97. The van der Waals surface area contributed by atoms with E-state index in [2.05, 4.69) is 10.5 Å². The normalized spacial score (nSPS) is 18.6. The molecule has 1 fully saturated rings. The van der Waals surface area contributed by atoms with Crippen molar-refractivity contribution in [2.24, 2.45) is 4.99 Å². The van der Waals surface area contributed by atoms with Crippen molar-refractivity contribution < 1.29 is 14.1 Å². The number of carbonyl (C=O) groups excluding carboxylic acids is 2. The van der Waals surface area contributed by atoms with E-state index in [0.29, 0.717) is 17.3 Å². The highest BCUT2D eigenvalue weighted by Gasteiger charge is 2.48. The Kier molecular flexibility index (Phi) is 4.51. The third-order valence-corrected chi connectivity index (χ3v) is 5.17. The number of aryl methyl sites for hydroxylation is 1. The lowest BCUT2D eigenvalue weighted by Gasteiger charge is -2.38. The fraction of sp³-hybridized carbons (Fsp3) is 0.400. The Labute approximate surface area is 157 Å². The van der Waals surface area contributed by atoms with Crippen LogP contribution in [0, 0.1) is 6.92 Å². The van der Waals surface area contributed by atoms with Gasteiger partial charge >= 0.3 is 0 Å². The van der Waals surface area contributed by atoms with E-state index in [9.17, 15) is 9.59 Å². The Morgan fingerprint density at radius 1 is 1.22 bits per heavy atom. The van der Waals surface area contributed by atoms with E-state index < -0.39 is 5.66 Å². The first-order valence-corrected chi connectivity index (χ1v) is 9.28. The van der Waals surface area contributed by atoms with Crippen molar-refractivity contribution in [3.8, 4) is 0 Å². The van der Waals surface area contributed by atoms with Crippen molar-refractivity contribution >= 4 is 23.3 Å². The number of nitrogens with zero attached hydrogens (tertiary/aromatic N) is 3. The predicted octanol–water partition coefficient (Wildman–Crippen LogP) is 2.91. The van der Waals surface area contributed by atoms with Crippen LogP contribution < -0.4 is 5.32 Å². The van der Waals surface area contributed by atoms with Crippen LogP contribution >= 0.6 is 0 Å². The molecule has 2 aliphatic rings. The number of hydrogen-bond donors (Lipinski definition) is 1. The first kappa shape index (κ1) is 17.5. The van der Waals surface area contributed by atoms with Crippen LogP contribution in [0.4, 0.5) is 5.82 Å². The number of benzene rings is 1. The quantitative estimate of drug-likeness (QED) is 0.901. The highest BCUT2D eigenvalue weighted by Crippen LogP contribution is 2.39. The van der Waals surface area contributed by atoms with Crippen LogP contribution in [0.5, 0.6) is 0 Å². The summed E-state index contributed by atoms with van der Waals surface area (Å²) in [5.74, 6) is 0.479. The zero-order valence-corrected chi connectivity index (χ0v) is 15.3. The lowest BCUT2D eigenvalue weighted by molar-refractivity contribution is -0.134. The van der Waals surface area contributed by atoms with Crippen LogP contribution in [0.25, 0.3) is 0 Å². The summed E-state index contributed by atoms with van der Waals surface area (Å²) in [6, 6.07) is 11.1. The van der Waals surface area contributed by atoms with Gasteiger partial charge in [-0.1, -0.05) is 41.9 Å². The largest absolute Gasteiger partial charge is 0.360 e. The monoisotopic (exact) mass is 366 g/mol. The van der Waals surface area contributed by atoms with Gasteiger partial charge in [-0.25, -0.2) is 0 Å². The van der Waals surface area contributed by atoms with Crippen molar-refractivity contribution in [3.63, 3.8) is 0 Å². The molecule has 0 saturated heterocycles. The van der Waals surface area contributed by atoms with Gasteiger partial charge in [-0.2, -0.15) is 0 Å². The van der Waals surface area contributed by atoms with E-state index >= 15 is 0 Å². The predicted molar refractivity (Wildman–Crippen MR) is 100 cm³/mol. The van der Waals surface area contributed by atoms with Gasteiger partial charge in [-0.3, -0.25) is 14.6 Å². The molecule has 1 aromatic heterocycles. The Balaban J connectivity index is 1.58. The summed E-state index contributed by atoms with van der Waals surface area (Å²) in [6.07, 6.45) is 4.69. The van der Waals surface area contributed by atoms with Gasteiger partial charge in [0.25, 0.3) is 5.91 Å². The molecule has 7 nitrogen and oxygen atoms in total. The molecule has 0 unspecified atom stereocenters. The summed E-state index contributed by atoms with van der Waals surface area (Å²) in [6.45, 7) is 1.70. The molecule has 0 radical (unpaired) electrons.